The van der Waals surface area contributed by atoms with E-state index in [2.05, 4.69) is 24.1 Å². The number of unbranched alkanes of at least 4 members (excludes halogenated alkanes) is 9. The Labute approximate surface area is 149 Å². The highest BCUT2D eigenvalue weighted by Crippen LogP contribution is 2.12. The summed E-state index contributed by atoms with van der Waals surface area (Å²) in [5.41, 5.74) is 0. The van der Waals surface area contributed by atoms with Crippen LogP contribution in [0.25, 0.3) is 0 Å². The van der Waals surface area contributed by atoms with Crippen molar-refractivity contribution in [2.24, 2.45) is 4.99 Å². The Hall–Kier alpha value is -0.830. The van der Waals surface area contributed by atoms with Crippen molar-refractivity contribution in [1.82, 2.24) is 0 Å². The number of aliphatic hydroxyl groups excluding tert-OH is 1. The average Bonchev–Trinajstić information content (AvgIpc) is 3.10. The summed E-state index contributed by atoms with van der Waals surface area (Å²) < 4.78 is 5.41. The normalized spacial score (nSPS) is 15.7. The third-order valence-corrected chi connectivity index (χ3v) is 4.63. The van der Waals surface area contributed by atoms with Crippen LogP contribution in [0.2, 0.25) is 0 Å². The monoisotopic (exact) mass is 337 g/mol. The molecule has 1 N–H and O–H groups in total. The number of nitrogens with zero attached hydrogens (tertiary/aromatic N) is 1. The number of hydrogen-bond donors (Lipinski definition) is 1. The van der Waals surface area contributed by atoms with Crippen molar-refractivity contribution in [2.45, 2.75) is 103 Å². The fraction of sp³-hybridized carbons (Fsp3) is 0.857. The van der Waals surface area contributed by atoms with Gasteiger partial charge in [-0.3, -0.25) is 4.99 Å². The lowest BCUT2D eigenvalue weighted by Gasteiger charge is -2.07. The molecule has 0 radical (unpaired) electrons. The molecule has 0 aromatic rings. The van der Waals surface area contributed by atoms with E-state index in [9.17, 15) is 5.11 Å². The van der Waals surface area contributed by atoms with Gasteiger partial charge in [-0.05, 0) is 32.1 Å². The van der Waals surface area contributed by atoms with Gasteiger partial charge >= 0.3 is 0 Å². The van der Waals surface area contributed by atoms with E-state index in [-0.39, 0.29) is 6.10 Å². The molecule has 0 unspecified atom stereocenters. The molecule has 0 aromatic carbocycles. The van der Waals surface area contributed by atoms with Crippen LogP contribution in [0.4, 0.5) is 0 Å². The summed E-state index contributed by atoms with van der Waals surface area (Å²) in [6.07, 6.45) is 21.0. The fourth-order valence-electron chi connectivity index (χ4n) is 3.07. The van der Waals surface area contributed by atoms with Crippen LogP contribution in [0.1, 0.15) is 96.8 Å². The molecule has 0 saturated heterocycles. The largest absolute Gasteiger partial charge is 0.479 e. The van der Waals surface area contributed by atoms with E-state index < -0.39 is 0 Å². The van der Waals surface area contributed by atoms with Gasteiger partial charge in [-0.2, -0.15) is 0 Å². The van der Waals surface area contributed by atoms with Crippen LogP contribution in [-0.4, -0.2) is 30.3 Å². The van der Waals surface area contributed by atoms with E-state index in [4.69, 9.17) is 4.74 Å². The van der Waals surface area contributed by atoms with E-state index in [0.29, 0.717) is 0 Å². The topological polar surface area (TPSA) is 41.8 Å². The highest BCUT2D eigenvalue weighted by molar-refractivity contribution is 5.77. The first-order valence-corrected chi connectivity index (χ1v) is 10.3. The van der Waals surface area contributed by atoms with Crippen LogP contribution < -0.4 is 0 Å². The van der Waals surface area contributed by atoms with Crippen LogP contribution in [-0.2, 0) is 4.74 Å². The first-order chi connectivity index (χ1) is 11.8. The van der Waals surface area contributed by atoms with E-state index in [1.165, 1.54) is 64.2 Å². The second-order valence-electron chi connectivity index (χ2n) is 6.99. The summed E-state index contributed by atoms with van der Waals surface area (Å²) >= 11 is 0. The molecule has 0 spiro atoms. The quantitative estimate of drug-likeness (QED) is 0.285. The van der Waals surface area contributed by atoms with E-state index in [0.717, 1.165) is 44.7 Å². The molecule has 3 nitrogen and oxygen atoms in total. The summed E-state index contributed by atoms with van der Waals surface area (Å²) in [7, 11) is 0. The molecule has 24 heavy (non-hydrogen) atoms. The van der Waals surface area contributed by atoms with Crippen molar-refractivity contribution in [1.29, 1.82) is 0 Å². The second kappa shape index (κ2) is 15.7. The van der Waals surface area contributed by atoms with Crippen LogP contribution in [0.3, 0.4) is 0 Å². The maximum absolute atomic E-state index is 9.88. The van der Waals surface area contributed by atoms with Gasteiger partial charge < -0.3 is 9.84 Å². The third kappa shape index (κ3) is 12.6. The van der Waals surface area contributed by atoms with Gasteiger partial charge in [0.15, 0.2) is 5.90 Å². The van der Waals surface area contributed by atoms with Gasteiger partial charge in [0, 0.05) is 6.42 Å². The summed E-state index contributed by atoms with van der Waals surface area (Å²) in [4.78, 5) is 4.32. The Kier molecular flexibility index (Phi) is 13.9. The number of hydrogen-bond acceptors (Lipinski definition) is 3. The Balaban J connectivity index is 1.78. The predicted molar refractivity (Wildman–Crippen MR) is 104 cm³/mol. The Morgan fingerprint density at radius 2 is 1.75 bits per heavy atom. The van der Waals surface area contributed by atoms with Crippen LogP contribution in [0.5, 0.6) is 0 Å². The average molecular weight is 338 g/mol. The van der Waals surface area contributed by atoms with E-state index in [1.54, 1.807) is 0 Å². The lowest BCUT2D eigenvalue weighted by atomic mass is 10.1. The van der Waals surface area contributed by atoms with Crippen molar-refractivity contribution >= 4 is 5.90 Å². The van der Waals surface area contributed by atoms with Gasteiger partial charge in [-0.25, -0.2) is 0 Å². The lowest BCUT2D eigenvalue weighted by Crippen LogP contribution is -2.04. The Morgan fingerprint density at radius 1 is 1.00 bits per heavy atom. The zero-order chi connectivity index (χ0) is 17.3. The molecule has 1 aliphatic heterocycles. The number of aliphatic imine (C=N–C) groups is 1. The summed E-state index contributed by atoms with van der Waals surface area (Å²) in [5.74, 6) is 0.979. The van der Waals surface area contributed by atoms with Gasteiger partial charge in [-0.1, -0.05) is 70.4 Å². The molecule has 0 bridgehead atoms. The minimum Gasteiger partial charge on any atom is -0.479 e. The Morgan fingerprint density at radius 3 is 2.50 bits per heavy atom. The third-order valence-electron chi connectivity index (χ3n) is 4.63. The van der Waals surface area contributed by atoms with Gasteiger partial charge in [0.2, 0.25) is 0 Å². The number of allylic oxidation sites excluding steroid dienone is 1. The zero-order valence-electron chi connectivity index (χ0n) is 15.8. The van der Waals surface area contributed by atoms with Crippen molar-refractivity contribution in [3.05, 3.63) is 12.2 Å². The van der Waals surface area contributed by atoms with Crippen molar-refractivity contribution in [3.63, 3.8) is 0 Å². The summed E-state index contributed by atoms with van der Waals surface area (Å²) in [5, 5.41) is 9.88. The van der Waals surface area contributed by atoms with Crippen LogP contribution in [0, 0.1) is 0 Å². The maximum atomic E-state index is 9.88. The molecule has 1 heterocycles. The molecule has 1 aliphatic rings. The van der Waals surface area contributed by atoms with Gasteiger partial charge in [0.05, 0.1) is 12.6 Å². The van der Waals surface area contributed by atoms with Gasteiger partial charge in [-0.15, -0.1) is 0 Å². The number of rotatable bonds is 16. The van der Waals surface area contributed by atoms with E-state index in [1.807, 2.05) is 0 Å². The number of ether oxygens (including phenoxy) is 1. The van der Waals surface area contributed by atoms with Crippen LogP contribution in [0.15, 0.2) is 17.1 Å². The molecule has 1 atom stereocenters. The van der Waals surface area contributed by atoms with Crippen molar-refractivity contribution in [3.8, 4) is 0 Å². The molecule has 0 amide bonds. The van der Waals surface area contributed by atoms with Gasteiger partial charge in [0.1, 0.15) is 6.61 Å². The minimum atomic E-state index is -0.133. The highest BCUT2D eigenvalue weighted by atomic mass is 16.5. The lowest BCUT2D eigenvalue weighted by molar-refractivity contribution is 0.163. The highest BCUT2D eigenvalue weighted by Gasteiger charge is 2.05. The van der Waals surface area contributed by atoms with Crippen LogP contribution >= 0.6 is 0 Å². The summed E-state index contributed by atoms with van der Waals surface area (Å²) in [6.45, 7) is 3.87. The molecular weight excluding hydrogens is 298 g/mol. The first kappa shape index (κ1) is 21.2. The molecule has 0 aliphatic carbocycles. The van der Waals surface area contributed by atoms with E-state index >= 15 is 0 Å². The zero-order valence-corrected chi connectivity index (χ0v) is 15.8. The molecule has 3 heteroatoms. The maximum Gasteiger partial charge on any atom is 0.183 e. The smallest absolute Gasteiger partial charge is 0.183 e. The fourth-order valence-corrected chi connectivity index (χ4v) is 3.07. The predicted octanol–water partition coefficient (Wildman–Crippen LogP) is 5.81. The van der Waals surface area contributed by atoms with Gasteiger partial charge in [0.25, 0.3) is 0 Å². The molecule has 140 valence electrons. The molecule has 0 fully saturated rings. The van der Waals surface area contributed by atoms with Crippen molar-refractivity contribution < 1.29 is 9.84 Å². The Bertz CT molecular complexity index is 339. The molecule has 1 rings (SSSR count). The molecule has 0 aromatic heterocycles. The number of aliphatic hydroxyl groups is 1. The first-order valence-electron chi connectivity index (χ1n) is 10.3. The molecule has 0 saturated carbocycles. The summed E-state index contributed by atoms with van der Waals surface area (Å²) in [6, 6.07) is 0. The SMILES string of the molecule is CCCCCC[C@@H](O)C/C=C\CCCCCCCCC1=NCCO1. The standard InChI is InChI=1S/C21H39NO2/c1-2-3-4-12-15-20(23)16-13-10-8-6-5-7-9-11-14-17-21-22-18-19-24-21/h10,13,20,23H,2-9,11-12,14-19H2,1H3/b13-10-/t20-/m1/s1. The second-order valence-corrected chi connectivity index (χ2v) is 6.99. The minimum absolute atomic E-state index is 0.133. The molecular formula is C21H39NO2. The van der Waals surface area contributed by atoms with Crippen molar-refractivity contribution in [2.75, 3.05) is 13.2 Å².